The van der Waals surface area contributed by atoms with Gasteiger partial charge in [0.05, 0.1) is 13.2 Å². The molecule has 6 nitrogen and oxygen atoms in total. The molecule has 0 aliphatic carbocycles. The Morgan fingerprint density at radius 2 is 2.15 bits per heavy atom. The number of nitrogens with zero attached hydrogens (tertiary/aromatic N) is 1. The quantitative estimate of drug-likeness (QED) is 0.814. The number of benzene rings is 1. The molecule has 0 radical (unpaired) electrons. The molecule has 2 aliphatic heterocycles. The molecule has 0 spiro atoms. The summed E-state index contributed by atoms with van der Waals surface area (Å²) in [6.45, 7) is 0.764. The molecular formula is C14H16N2O4. The van der Waals surface area contributed by atoms with Crippen LogP contribution in [0.25, 0.3) is 0 Å². The van der Waals surface area contributed by atoms with Crippen LogP contribution in [-0.2, 0) is 20.7 Å². The summed E-state index contributed by atoms with van der Waals surface area (Å²) in [7, 11) is 0. The van der Waals surface area contributed by atoms with Crippen molar-refractivity contribution in [2.45, 2.75) is 18.5 Å². The van der Waals surface area contributed by atoms with E-state index in [2.05, 4.69) is 5.32 Å². The summed E-state index contributed by atoms with van der Waals surface area (Å²) < 4.78 is 5.15. The highest BCUT2D eigenvalue weighted by molar-refractivity contribution is 5.91. The summed E-state index contributed by atoms with van der Waals surface area (Å²) in [4.78, 5) is 25.1. The maximum atomic E-state index is 12.5. The van der Waals surface area contributed by atoms with Crippen molar-refractivity contribution in [2.75, 3.05) is 25.1 Å². The van der Waals surface area contributed by atoms with Gasteiger partial charge in [0.25, 0.3) is 0 Å². The summed E-state index contributed by atoms with van der Waals surface area (Å²) in [6.07, 6.45) is 0.596. The van der Waals surface area contributed by atoms with E-state index < -0.39 is 12.0 Å². The van der Waals surface area contributed by atoms with Gasteiger partial charge in [0.2, 0.25) is 5.91 Å². The Bertz CT molecular complexity index is 521. The molecule has 1 saturated heterocycles. The van der Waals surface area contributed by atoms with Gasteiger partial charge in [-0.05, 0) is 11.6 Å². The Kier molecular flexibility index (Phi) is 3.31. The lowest BCUT2D eigenvalue weighted by atomic mass is 10.1. The maximum Gasteiger partial charge on any atom is 0.328 e. The number of nitrogens with one attached hydrogen (secondary N) is 1. The zero-order valence-electron chi connectivity index (χ0n) is 10.9. The van der Waals surface area contributed by atoms with Crippen LogP contribution in [0, 0.1) is 0 Å². The molecule has 0 bridgehead atoms. The number of carbonyl (C=O) groups is 2. The number of para-hydroxylation sites is 1. The van der Waals surface area contributed by atoms with Crippen molar-refractivity contribution in [2.24, 2.45) is 0 Å². The highest BCUT2D eigenvalue weighted by Crippen LogP contribution is 2.26. The molecule has 6 heteroatoms. The third kappa shape index (κ3) is 2.22. The number of carboxylic acid groups (broad SMARTS) is 1. The molecule has 1 aromatic rings. The van der Waals surface area contributed by atoms with Gasteiger partial charge in [-0.2, -0.15) is 0 Å². The minimum absolute atomic E-state index is 0.0563. The van der Waals surface area contributed by atoms with Crippen LogP contribution in [0.15, 0.2) is 24.3 Å². The van der Waals surface area contributed by atoms with Gasteiger partial charge < -0.3 is 20.1 Å². The fraction of sp³-hybridized carbons (Fsp3) is 0.429. The number of fused-ring (bicyclic) bond motifs is 1. The zero-order valence-corrected chi connectivity index (χ0v) is 10.9. The minimum atomic E-state index is -1.02. The second-order valence-corrected chi connectivity index (χ2v) is 5.02. The first-order valence-electron chi connectivity index (χ1n) is 6.62. The van der Waals surface area contributed by atoms with Gasteiger partial charge in [-0.1, -0.05) is 18.2 Å². The first-order chi connectivity index (χ1) is 9.66. The van der Waals surface area contributed by atoms with Crippen molar-refractivity contribution in [3.05, 3.63) is 29.8 Å². The highest BCUT2D eigenvalue weighted by atomic mass is 16.5. The van der Waals surface area contributed by atoms with E-state index in [1.165, 1.54) is 4.90 Å². The standard InChI is InChI=1S/C14H16N2O4/c17-13(16-5-6-20-8-12(16)14(18)19)11-7-9-3-1-2-4-10(9)15-11/h1-4,11-12,15H,5-8H2,(H,18,19). The number of carbonyl (C=O) groups excluding carboxylic acids is 1. The van der Waals surface area contributed by atoms with Crippen LogP contribution < -0.4 is 5.32 Å². The van der Waals surface area contributed by atoms with Crippen LogP contribution in [0.3, 0.4) is 0 Å². The van der Waals surface area contributed by atoms with E-state index >= 15 is 0 Å². The molecule has 1 fully saturated rings. The van der Waals surface area contributed by atoms with Gasteiger partial charge in [-0.3, -0.25) is 4.79 Å². The van der Waals surface area contributed by atoms with Crippen LogP contribution in [0.2, 0.25) is 0 Å². The Labute approximate surface area is 116 Å². The topological polar surface area (TPSA) is 78.9 Å². The Balaban J connectivity index is 1.75. The molecule has 106 valence electrons. The number of hydrogen-bond donors (Lipinski definition) is 2. The molecule has 2 unspecified atom stereocenters. The molecule has 3 rings (SSSR count). The molecule has 0 saturated carbocycles. The molecule has 2 atom stereocenters. The van der Waals surface area contributed by atoms with Crippen LogP contribution in [0.1, 0.15) is 5.56 Å². The van der Waals surface area contributed by atoms with Gasteiger partial charge in [-0.15, -0.1) is 0 Å². The van der Waals surface area contributed by atoms with Gasteiger partial charge in [0, 0.05) is 18.7 Å². The molecule has 2 N–H and O–H groups in total. The monoisotopic (exact) mass is 276 g/mol. The van der Waals surface area contributed by atoms with Crippen molar-refractivity contribution in [1.82, 2.24) is 4.90 Å². The Morgan fingerprint density at radius 3 is 2.90 bits per heavy atom. The SMILES string of the molecule is O=C(O)C1COCCN1C(=O)C1Cc2ccccc2N1. The molecule has 2 heterocycles. The average molecular weight is 276 g/mol. The Morgan fingerprint density at radius 1 is 1.35 bits per heavy atom. The van der Waals surface area contributed by atoms with E-state index in [4.69, 9.17) is 4.74 Å². The fourth-order valence-corrected chi connectivity index (χ4v) is 2.72. The summed E-state index contributed by atoms with van der Waals surface area (Å²) in [5, 5.41) is 12.3. The van der Waals surface area contributed by atoms with Gasteiger partial charge >= 0.3 is 5.97 Å². The second kappa shape index (κ2) is 5.13. The third-order valence-corrected chi connectivity index (χ3v) is 3.77. The van der Waals surface area contributed by atoms with Gasteiger partial charge in [0.1, 0.15) is 6.04 Å². The van der Waals surface area contributed by atoms with E-state index in [0.717, 1.165) is 11.3 Å². The van der Waals surface area contributed by atoms with Crippen LogP contribution in [-0.4, -0.2) is 53.7 Å². The normalized spacial score (nSPS) is 24.9. The number of anilines is 1. The number of amides is 1. The summed E-state index contributed by atoms with van der Waals surface area (Å²) in [6, 6.07) is 6.48. The summed E-state index contributed by atoms with van der Waals surface area (Å²) >= 11 is 0. The number of aliphatic carboxylic acids is 1. The summed E-state index contributed by atoms with van der Waals surface area (Å²) in [5.41, 5.74) is 2.04. The molecule has 20 heavy (non-hydrogen) atoms. The lowest BCUT2D eigenvalue weighted by molar-refractivity contribution is -0.158. The smallest absolute Gasteiger partial charge is 0.328 e. The van der Waals surface area contributed by atoms with E-state index in [1.807, 2.05) is 24.3 Å². The van der Waals surface area contributed by atoms with Crippen molar-refractivity contribution in [1.29, 1.82) is 0 Å². The molecule has 1 aromatic carbocycles. The van der Waals surface area contributed by atoms with Gasteiger partial charge in [0.15, 0.2) is 6.04 Å². The number of hydrogen-bond acceptors (Lipinski definition) is 4. The fourth-order valence-electron chi connectivity index (χ4n) is 2.72. The molecular weight excluding hydrogens is 260 g/mol. The molecule has 2 aliphatic rings. The lowest BCUT2D eigenvalue weighted by Gasteiger charge is -2.34. The maximum absolute atomic E-state index is 12.5. The first kappa shape index (κ1) is 12.9. The molecule has 0 aromatic heterocycles. The number of morpholine rings is 1. The van der Waals surface area contributed by atoms with Gasteiger partial charge in [-0.25, -0.2) is 4.79 Å². The van der Waals surface area contributed by atoms with Crippen molar-refractivity contribution in [3.63, 3.8) is 0 Å². The zero-order chi connectivity index (χ0) is 14.1. The van der Waals surface area contributed by atoms with E-state index in [1.54, 1.807) is 0 Å². The number of carboxylic acids is 1. The summed E-state index contributed by atoms with van der Waals surface area (Å²) in [5.74, 6) is -1.19. The van der Waals surface area contributed by atoms with E-state index in [9.17, 15) is 14.7 Å². The first-order valence-corrected chi connectivity index (χ1v) is 6.62. The van der Waals surface area contributed by atoms with E-state index in [-0.39, 0.29) is 18.6 Å². The number of rotatable bonds is 2. The Hall–Kier alpha value is -2.08. The number of ether oxygens (including phenoxy) is 1. The molecule has 1 amide bonds. The van der Waals surface area contributed by atoms with Crippen LogP contribution >= 0.6 is 0 Å². The minimum Gasteiger partial charge on any atom is -0.480 e. The second-order valence-electron chi connectivity index (χ2n) is 5.02. The van der Waals surface area contributed by atoms with Crippen molar-refractivity contribution < 1.29 is 19.4 Å². The van der Waals surface area contributed by atoms with E-state index in [0.29, 0.717) is 19.6 Å². The van der Waals surface area contributed by atoms with Crippen LogP contribution in [0.5, 0.6) is 0 Å². The largest absolute Gasteiger partial charge is 0.480 e. The van der Waals surface area contributed by atoms with Crippen molar-refractivity contribution >= 4 is 17.6 Å². The predicted octanol–water partition coefficient (Wildman–Crippen LogP) is 0.335. The predicted molar refractivity (Wildman–Crippen MR) is 71.5 cm³/mol. The van der Waals surface area contributed by atoms with Crippen LogP contribution in [0.4, 0.5) is 5.69 Å². The lowest BCUT2D eigenvalue weighted by Crippen LogP contribution is -2.56. The average Bonchev–Trinajstić information content (AvgIpc) is 2.90. The highest BCUT2D eigenvalue weighted by Gasteiger charge is 2.37. The van der Waals surface area contributed by atoms with Crippen molar-refractivity contribution in [3.8, 4) is 0 Å². The third-order valence-electron chi connectivity index (χ3n) is 3.77.